The minimum absolute atomic E-state index is 0.0477. The Morgan fingerprint density at radius 2 is 1.66 bits per heavy atom. The van der Waals surface area contributed by atoms with Gasteiger partial charge in [0.1, 0.15) is 5.76 Å². The molecule has 0 saturated heterocycles. The highest BCUT2D eigenvalue weighted by Crippen LogP contribution is 2.43. The second kappa shape index (κ2) is 11.8. The van der Waals surface area contributed by atoms with Crippen LogP contribution >= 0.6 is 0 Å². The largest absolute Gasteiger partial charge is 0.508 e. The van der Waals surface area contributed by atoms with Crippen LogP contribution in [0.1, 0.15) is 92.9 Å². The predicted molar refractivity (Wildman–Crippen MR) is 124 cm³/mol. The van der Waals surface area contributed by atoms with Crippen LogP contribution in [0.4, 0.5) is 0 Å². The molecule has 0 saturated carbocycles. The number of carbonyl (C=O) groups is 1. The number of carbonyl (C=O) groups excluding carboxylic acids is 1. The summed E-state index contributed by atoms with van der Waals surface area (Å²) in [5, 5.41) is 17.3. The summed E-state index contributed by atoms with van der Waals surface area (Å²) in [5.41, 5.74) is 2.02. The molecule has 3 N–H and O–H groups in total. The second-order valence-corrected chi connectivity index (χ2v) is 10.6. The predicted octanol–water partition coefficient (Wildman–Crippen LogP) is 5.90. The molecule has 4 nitrogen and oxygen atoms in total. The smallest absolute Gasteiger partial charge is 0.220 e. The lowest BCUT2D eigenvalue weighted by Gasteiger charge is -2.28. The molecule has 1 aliphatic rings. The molecule has 1 unspecified atom stereocenters. The summed E-state index contributed by atoms with van der Waals surface area (Å²) in [5.74, 6) is 0.970. The Kier molecular flexibility index (Phi) is 10.5. The van der Waals surface area contributed by atoms with Gasteiger partial charge in [0.15, 0.2) is 0 Å². The van der Waals surface area contributed by atoms with Crippen molar-refractivity contribution in [1.29, 1.82) is 0 Å². The van der Waals surface area contributed by atoms with Crippen LogP contribution < -0.4 is 10.6 Å². The molecule has 0 fully saturated rings. The standard InChI is InChI=1S/C25H46N2O2/c1-24(2,3)20-14-12-19(18-21(23(20)29)25(4,5)6)13-15-22(28)27-17-11-9-8-10-16-26-7/h18-19,26,29H,8-17H2,1-7H3,(H,27,28). The van der Waals surface area contributed by atoms with Gasteiger partial charge < -0.3 is 15.7 Å². The SMILES string of the molecule is CNCCCCCCNC(=O)CCC1C=C(C(C)(C)C)C(O)=C(C(C)(C)C)CC1. The van der Waals surface area contributed by atoms with E-state index in [0.717, 1.165) is 49.9 Å². The summed E-state index contributed by atoms with van der Waals surface area (Å²) in [7, 11) is 1.98. The second-order valence-electron chi connectivity index (χ2n) is 10.6. The number of allylic oxidation sites excluding steroid dienone is 3. The van der Waals surface area contributed by atoms with Gasteiger partial charge in [-0.05, 0) is 73.6 Å². The molecule has 0 bridgehead atoms. The summed E-state index contributed by atoms with van der Waals surface area (Å²) in [6.07, 6.45) is 10.2. The van der Waals surface area contributed by atoms with Crippen LogP contribution in [0, 0.1) is 16.7 Å². The van der Waals surface area contributed by atoms with E-state index in [1.807, 2.05) is 7.05 Å². The van der Waals surface area contributed by atoms with Gasteiger partial charge in [-0.15, -0.1) is 0 Å². The highest BCUT2D eigenvalue weighted by Gasteiger charge is 2.31. The lowest BCUT2D eigenvalue weighted by Crippen LogP contribution is -2.24. The van der Waals surface area contributed by atoms with Crippen molar-refractivity contribution in [2.45, 2.75) is 92.9 Å². The van der Waals surface area contributed by atoms with Crippen LogP contribution in [0.2, 0.25) is 0 Å². The molecular formula is C25H46N2O2. The molecular weight excluding hydrogens is 360 g/mol. The fourth-order valence-electron chi connectivity index (χ4n) is 3.98. The van der Waals surface area contributed by atoms with E-state index in [-0.39, 0.29) is 16.7 Å². The van der Waals surface area contributed by atoms with Crippen LogP contribution in [0.15, 0.2) is 23.0 Å². The van der Waals surface area contributed by atoms with Crippen molar-refractivity contribution < 1.29 is 9.90 Å². The first-order valence-electron chi connectivity index (χ1n) is 11.5. The first-order chi connectivity index (χ1) is 13.5. The maximum absolute atomic E-state index is 12.3. The maximum Gasteiger partial charge on any atom is 0.220 e. The maximum atomic E-state index is 12.3. The number of hydrogen-bond donors (Lipinski definition) is 3. The van der Waals surface area contributed by atoms with E-state index in [9.17, 15) is 9.90 Å². The normalized spacial score (nSPS) is 18.4. The number of unbranched alkanes of at least 4 members (excludes halogenated alkanes) is 3. The molecule has 0 aromatic heterocycles. The minimum Gasteiger partial charge on any atom is -0.508 e. The lowest BCUT2D eigenvalue weighted by atomic mass is 9.78. The molecule has 0 spiro atoms. The van der Waals surface area contributed by atoms with Crippen molar-refractivity contribution in [1.82, 2.24) is 10.6 Å². The van der Waals surface area contributed by atoms with E-state index in [2.05, 4.69) is 58.3 Å². The molecule has 0 aromatic rings. The summed E-state index contributed by atoms with van der Waals surface area (Å²) in [6.45, 7) is 14.8. The van der Waals surface area contributed by atoms with Gasteiger partial charge >= 0.3 is 0 Å². The average Bonchev–Trinajstić information content (AvgIpc) is 2.77. The Labute approximate surface area is 179 Å². The summed E-state index contributed by atoms with van der Waals surface area (Å²) < 4.78 is 0. The zero-order chi connectivity index (χ0) is 22.1. The van der Waals surface area contributed by atoms with Gasteiger partial charge in [-0.3, -0.25) is 4.79 Å². The monoisotopic (exact) mass is 406 g/mol. The zero-order valence-electron chi connectivity index (χ0n) is 20.1. The molecule has 29 heavy (non-hydrogen) atoms. The quantitative estimate of drug-likeness (QED) is 0.396. The number of aliphatic hydroxyl groups is 1. The Bertz CT molecular complexity index is 577. The summed E-state index contributed by atoms with van der Waals surface area (Å²) in [6, 6.07) is 0. The van der Waals surface area contributed by atoms with Gasteiger partial charge in [-0.25, -0.2) is 0 Å². The van der Waals surface area contributed by atoms with Crippen molar-refractivity contribution in [3.8, 4) is 0 Å². The van der Waals surface area contributed by atoms with Gasteiger partial charge in [0.25, 0.3) is 0 Å². The number of aliphatic hydroxyl groups excluding tert-OH is 1. The van der Waals surface area contributed by atoms with Crippen molar-refractivity contribution >= 4 is 5.91 Å². The third-order valence-electron chi connectivity index (χ3n) is 5.84. The Balaban J connectivity index is 2.57. The fourth-order valence-corrected chi connectivity index (χ4v) is 3.98. The van der Waals surface area contributed by atoms with Crippen molar-refractivity contribution in [2.24, 2.45) is 16.7 Å². The molecule has 1 aliphatic carbocycles. The number of hydrogen-bond acceptors (Lipinski definition) is 3. The van der Waals surface area contributed by atoms with Crippen LogP contribution in [-0.2, 0) is 4.79 Å². The molecule has 0 aliphatic heterocycles. The minimum atomic E-state index is -0.112. The van der Waals surface area contributed by atoms with Gasteiger partial charge in [-0.2, -0.15) is 0 Å². The van der Waals surface area contributed by atoms with E-state index >= 15 is 0 Å². The molecule has 4 heteroatoms. The Hall–Kier alpha value is -1.29. The van der Waals surface area contributed by atoms with Gasteiger partial charge in [0.2, 0.25) is 5.91 Å². The molecule has 0 heterocycles. The lowest BCUT2D eigenvalue weighted by molar-refractivity contribution is -0.121. The molecule has 0 aromatic carbocycles. The van der Waals surface area contributed by atoms with E-state index in [1.165, 1.54) is 19.3 Å². The van der Waals surface area contributed by atoms with Gasteiger partial charge in [0.05, 0.1) is 0 Å². The van der Waals surface area contributed by atoms with Gasteiger partial charge in [0, 0.05) is 13.0 Å². The third kappa shape index (κ3) is 9.37. The molecule has 0 radical (unpaired) electrons. The summed E-state index contributed by atoms with van der Waals surface area (Å²) in [4.78, 5) is 12.3. The van der Waals surface area contributed by atoms with Crippen molar-refractivity contribution in [3.05, 3.63) is 23.0 Å². The third-order valence-corrected chi connectivity index (χ3v) is 5.84. The fraction of sp³-hybridized carbons (Fsp3) is 0.800. The number of amides is 1. The van der Waals surface area contributed by atoms with E-state index in [4.69, 9.17) is 0 Å². The van der Waals surface area contributed by atoms with Crippen LogP contribution in [-0.4, -0.2) is 31.2 Å². The van der Waals surface area contributed by atoms with Crippen molar-refractivity contribution in [3.63, 3.8) is 0 Å². The first kappa shape index (κ1) is 25.7. The Morgan fingerprint density at radius 3 is 2.21 bits per heavy atom. The van der Waals surface area contributed by atoms with Crippen LogP contribution in [0.5, 0.6) is 0 Å². The summed E-state index contributed by atoms with van der Waals surface area (Å²) >= 11 is 0. The Morgan fingerprint density at radius 1 is 1.03 bits per heavy atom. The molecule has 1 rings (SSSR count). The topological polar surface area (TPSA) is 61.4 Å². The van der Waals surface area contributed by atoms with E-state index in [0.29, 0.717) is 18.1 Å². The van der Waals surface area contributed by atoms with Gasteiger partial charge in [-0.1, -0.05) is 60.5 Å². The highest BCUT2D eigenvalue weighted by molar-refractivity contribution is 5.75. The van der Waals surface area contributed by atoms with E-state index < -0.39 is 0 Å². The number of nitrogens with one attached hydrogen (secondary N) is 2. The van der Waals surface area contributed by atoms with Crippen LogP contribution in [0.3, 0.4) is 0 Å². The zero-order valence-corrected chi connectivity index (χ0v) is 20.1. The average molecular weight is 407 g/mol. The number of rotatable bonds is 10. The first-order valence-corrected chi connectivity index (χ1v) is 11.5. The molecule has 1 amide bonds. The van der Waals surface area contributed by atoms with Crippen molar-refractivity contribution in [2.75, 3.05) is 20.1 Å². The highest BCUT2D eigenvalue weighted by atomic mass is 16.3. The van der Waals surface area contributed by atoms with E-state index in [1.54, 1.807) is 0 Å². The van der Waals surface area contributed by atoms with Crippen LogP contribution in [0.25, 0.3) is 0 Å². The molecule has 1 atom stereocenters. The molecule has 168 valence electrons.